The molecule has 1 heterocycles. The van der Waals surface area contributed by atoms with Crippen molar-refractivity contribution in [3.63, 3.8) is 0 Å². The summed E-state index contributed by atoms with van der Waals surface area (Å²) in [5, 5.41) is 20.9. The van der Waals surface area contributed by atoms with Crippen LogP contribution in [-0.2, 0) is 17.6 Å². The van der Waals surface area contributed by atoms with Crippen molar-refractivity contribution >= 4 is 5.97 Å². The zero-order valence-corrected chi connectivity index (χ0v) is 12.2. The summed E-state index contributed by atoms with van der Waals surface area (Å²) in [7, 11) is 0. The molecule has 6 heteroatoms. The van der Waals surface area contributed by atoms with Gasteiger partial charge in [0.15, 0.2) is 5.82 Å². The highest BCUT2D eigenvalue weighted by atomic mass is 16.4. The molecule has 1 aliphatic carbocycles. The Labute approximate surface area is 122 Å². The third-order valence-electron chi connectivity index (χ3n) is 4.35. The first-order valence-electron chi connectivity index (χ1n) is 7.20. The predicted octanol–water partition coefficient (Wildman–Crippen LogP) is 2.11. The second-order valence-corrected chi connectivity index (χ2v) is 5.65. The van der Waals surface area contributed by atoms with E-state index in [9.17, 15) is 4.79 Å². The van der Waals surface area contributed by atoms with Crippen LogP contribution in [0.25, 0.3) is 11.4 Å². The van der Waals surface area contributed by atoms with Gasteiger partial charge in [-0.3, -0.25) is 4.79 Å². The second kappa shape index (κ2) is 5.27. The van der Waals surface area contributed by atoms with Crippen molar-refractivity contribution in [1.29, 1.82) is 0 Å². The highest BCUT2D eigenvalue weighted by Crippen LogP contribution is 2.29. The van der Waals surface area contributed by atoms with Crippen molar-refractivity contribution in [2.45, 2.75) is 39.2 Å². The maximum atomic E-state index is 11.2. The first-order chi connectivity index (χ1) is 10.1. The van der Waals surface area contributed by atoms with Gasteiger partial charge in [0.25, 0.3) is 0 Å². The van der Waals surface area contributed by atoms with E-state index in [4.69, 9.17) is 5.11 Å². The molecule has 2 atom stereocenters. The number of carboxylic acid groups (broad SMARTS) is 1. The van der Waals surface area contributed by atoms with E-state index in [2.05, 4.69) is 27.7 Å². The minimum absolute atomic E-state index is 0.305. The number of benzene rings is 1. The van der Waals surface area contributed by atoms with Crippen LogP contribution in [0.1, 0.15) is 37.4 Å². The SMILES string of the molecule is CC(C(=O)O)C(C)n1nnnc1-c1ccc2c(c1)CCC2. The summed E-state index contributed by atoms with van der Waals surface area (Å²) < 4.78 is 1.61. The monoisotopic (exact) mass is 286 g/mol. The van der Waals surface area contributed by atoms with Crippen molar-refractivity contribution in [2.24, 2.45) is 5.92 Å². The van der Waals surface area contributed by atoms with Crippen LogP contribution >= 0.6 is 0 Å². The molecule has 0 saturated carbocycles. The average molecular weight is 286 g/mol. The third-order valence-corrected chi connectivity index (χ3v) is 4.35. The van der Waals surface area contributed by atoms with Crippen molar-refractivity contribution in [1.82, 2.24) is 20.2 Å². The van der Waals surface area contributed by atoms with E-state index in [0.29, 0.717) is 5.82 Å². The summed E-state index contributed by atoms with van der Waals surface area (Å²) in [4.78, 5) is 11.2. The summed E-state index contributed by atoms with van der Waals surface area (Å²) in [5.41, 5.74) is 3.69. The van der Waals surface area contributed by atoms with Gasteiger partial charge in [-0.05, 0) is 60.7 Å². The number of tetrazole rings is 1. The van der Waals surface area contributed by atoms with Gasteiger partial charge in [0.05, 0.1) is 12.0 Å². The molecule has 3 rings (SSSR count). The standard InChI is InChI=1S/C15H18N4O2/c1-9(15(20)21)10(2)19-14(16-17-18-19)13-7-6-11-4-3-5-12(11)8-13/h6-10H,3-5H2,1-2H3,(H,20,21). The molecular formula is C15H18N4O2. The molecule has 110 valence electrons. The topological polar surface area (TPSA) is 80.9 Å². The van der Waals surface area contributed by atoms with Crippen LogP contribution in [0.4, 0.5) is 0 Å². The maximum Gasteiger partial charge on any atom is 0.308 e. The van der Waals surface area contributed by atoms with Crippen molar-refractivity contribution in [2.75, 3.05) is 0 Å². The van der Waals surface area contributed by atoms with E-state index in [0.717, 1.165) is 18.4 Å². The molecule has 2 aromatic rings. The van der Waals surface area contributed by atoms with Crippen molar-refractivity contribution in [3.8, 4) is 11.4 Å². The molecule has 2 unspecified atom stereocenters. The highest BCUT2D eigenvalue weighted by Gasteiger charge is 2.25. The molecular weight excluding hydrogens is 268 g/mol. The molecule has 1 aromatic carbocycles. The maximum absolute atomic E-state index is 11.2. The van der Waals surface area contributed by atoms with Crippen LogP contribution < -0.4 is 0 Å². The quantitative estimate of drug-likeness (QED) is 0.931. The van der Waals surface area contributed by atoms with E-state index in [1.807, 2.05) is 13.0 Å². The molecule has 0 bridgehead atoms. The number of aromatic nitrogens is 4. The number of carbonyl (C=O) groups is 1. The van der Waals surface area contributed by atoms with Gasteiger partial charge in [-0.15, -0.1) is 5.10 Å². The Morgan fingerprint density at radius 3 is 2.81 bits per heavy atom. The summed E-state index contributed by atoms with van der Waals surface area (Å²) in [6.45, 7) is 3.49. The Morgan fingerprint density at radius 2 is 2.05 bits per heavy atom. The molecule has 1 aliphatic rings. The van der Waals surface area contributed by atoms with E-state index >= 15 is 0 Å². The first kappa shape index (κ1) is 13.7. The Hall–Kier alpha value is -2.24. The normalized spacial score (nSPS) is 16.5. The molecule has 0 amide bonds. The number of carboxylic acids is 1. The van der Waals surface area contributed by atoms with Gasteiger partial charge in [0.2, 0.25) is 0 Å². The fraction of sp³-hybridized carbons (Fsp3) is 0.467. The summed E-state index contributed by atoms with van der Waals surface area (Å²) in [5.74, 6) is -0.773. The minimum atomic E-state index is -0.849. The zero-order valence-electron chi connectivity index (χ0n) is 12.2. The summed E-state index contributed by atoms with van der Waals surface area (Å²) in [6.07, 6.45) is 3.41. The van der Waals surface area contributed by atoms with E-state index in [-0.39, 0.29) is 6.04 Å². The van der Waals surface area contributed by atoms with Crippen LogP contribution in [-0.4, -0.2) is 31.3 Å². The Balaban J connectivity index is 1.97. The number of aryl methyl sites for hydroxylation is 2. The van der Waals surface area contributed by atoms with Gasteiger partial charge in [-0.1, -0.05) is 12.1 Å². The summed E-state index contributed by atoms with van der Waals surface area (Å²) in [6, 6.07) is 5.97. The lowest BCUT2D eigenvalue weighted by molar-refractivity contribution is -0.142. The largest absolute Gasteiger partial charge is 0.481 e. The van der Waals surface area contributed by atoms with Crippen molar-refractivity contribution < 1.29 is 9.90 Å². The zero-order chi connectivity index (χ0) is 15.0. The number of fused-ring (bicyclic) bond motifs is 1. The molecule has 21 heavy (non-hydrogen) atoms. The highest BCUT2D eigenvalue weighted by molar-refractivity contribution is 5.70. The molecule has 1 N–H and O–H groups in total. The van der Waals surface area contributed by atoms with Gasteiger partial charge in [-0.2, -0.15) is 0 Å². The van der Waals surface area contributed by atoms with Gasteiger partial charge in [0, 0.05) is 5.56 Å². The second-order valence-electron chi connectivity index (χ2n) is 5.65. The van der Waals surface area contributed by atoms with E-state index in [1.165, 1.54) is 17.5 Å². The van der Waals surface area contributed by atoms with Crippen LogP contribution in [0.2, 0.25) is 0 Å². The van der Waals surface area contributed by atoms with Gasteiger partial charge in [-0.25, -0.2) is 4.68 Å². The lowest BCUT2D eigenvalue weighted by Crippen LogP contribution is -2.23. The average Bonchev–Trinajstić information content (AvgIpc) is 3.13. The Bertz CT molecular complexity index is 680. The predicted molar refractivity (Wildman–Crippen MR) is 76.8 cm³/mol. The van der Waals surface area contributed by atoms with E-state index < -0.39 is 11.9 Å². The molecule has 0 saturated heterocycles. The lowest BCUT2D eigenvalue weighted by atomic mass is 10.0. The van der Waals surface area contributed by atoms with Crippen LogP contribution in [0.15, 0.2) is 18.2 Å². The number of rotatable bonds is 4. The molecule has 0 radical (unpaired) electrons. The molecule has 0 fully saturated rings. The summed E-state index contributed by atoms with van der Waals surface area (Å²) >= 11 is 0. The van der Waals surface area contributed by atoms with Gasteiger partial charge < -0.3 is 5.11 Å². The van der Waals surface area contributed by atoms with Gasteiger partial charge >= 0.3 is 5.97 Å². The first-order valence-corrected chi connectivity index (χ1v) is 7.20. The van der Waals surface area contributed by atoms with Gasteiger partial charge in [0.1, 0.15) is 0 Å². The molecule has 1 aromatic heterocycles. The number of hydrogen-bond donors (Lipinski definition) is 1. The fourth-order valence-electron chi connectivity index (χ4n) is 2.79. The molecule has 0 aliphatic heterocycles. The van der Waals surface area contributed by atoms with Crippen molar-refractivity contribution in [3.05, 3.63) is 29.3 Å². The number of hydrogen-bond acceptors (Lipinski definition) is 4. The molecule has 0 spiro atoms. The van der Waals surface area contributed by atoms with E-state index in [1.54, 1.807) is 11.6 Å². The van der Waals surface area contributed by atoms with Crippen LogP contribution in [0.3, 0.4) is 0 Å². The fourth-order valence-corrected chi connectivity index (χ4v) is 2.79. The van der Waals surface area contributed by atoms with Crippen LogP contribution in [0, 0.1) is 5.92 Å². The number of aliphatic carboxylic acids is 1. The Kier molecular flexibility index (Phi) is 3.45. The third kappa shape index (κ3) is 2.41. The minimum Gasteiger partial charge on any atom is -0.481 e. The smallest absolute Gasteiger partial charge is 0.308 e. The van der Waals surface area contributed by atoms with Crippen LogP contribution in [0.5, 0.6) is 0 Å². The Morgan fingerprint density at radius 1 is 1.29 bits per heavy atom. The number of nitrogens with zero attached hydrogens (tertiary/aromatic N) is 4. The molecule has 6 nitrogen and oxygen atoms in total. The lowest BCUT2D eigenvalue weighted by Gasteiger charge is -2.17.